The Morgan fingerprint density at radius 1 is 1.38 bits per heavy atom. The molecule has 0 aromatic carbocycles. The molecule has 0 saturated heterocycles. The second-order valence-electron chi connectivity index (χ2n) is 3.93. The Kier molecular flexibility index (Phi) is 5.40. The lowest BCUT2D eigenvalue weighted by Gasteiger charge is -2.28. The summed E-state index contributed by atoms with van der Waals surface area (Å²) < 4.78 is 5.78. The van der Waals surface area contributed by atoms with Crippen molar-refractivity contribution in [3.63, 3.8) is 0 Å². The summed E-state index contributed by atoms with van der Waals surface area (Å²) in [5.74, 6) is 0. The molecule has 2 heteroatoms. The maximum absolute atomic E-state index is 5.78. The van der Waals surface area contributed by atoms with Crippen LogP contribution in [0, 0.1) is 0 Å². The first-order valence-corrected chi connectivity index (χ1v) is 5.71. The van der Waals surface area contributed by atoms with Crippen molar-refractivity contribution >= 4 is 0 Å². The van der Waals surface area contributed by atoms with E-state index >= 15 is 0 Å². The molecule has 1 aliphatic rings. The Bertz CT molecular complexity index is 117. The van der Waals surface area contributed by atoms with E-state index in [4.69, 9.17) is 4.74 Å². The van der Waals surface area contributed by atoms with Crippen LogP contribution >= 0.6 is 0 Å². The van der Waals surface area contributed by atoms with E-state index in [9.17, 15) is 0 Å². The topological polar surface area (TPSA) is 21.3 Å². The lowest BCUT2D eigenvalue weighted by atomic mass is 9.96. The maximum atomic E-state index is 5.78. The molecule has 1 fully saturated rings. The summed E-state index contributed by atoms with van der Waals surface area (Å²) in [6, 6.07) is 0.579. The molecule has 1 N–H and O–H groups in total. The zero-order valence-electron chi connectivity index (χ0n) is 9.01. The molecular weight excluding hydrogens is 162 g/mol. The smallest absolute Gasteiger partial charge is 0.0623 e. The summed E-state index contributed by atoms with van der Waals surface area (Å²) >= 11 is 0. The standard InChI is InChI=1S/C11H23NO/c1-3-6-10(12-4-2)9-13-11-7-5-8-11/h10-12H,3-9H2,1-2H3. The first-order chi connectivity index (χ1) is 6.36. The lowest BCUT2D eigenvalue weighted by Crippen LogP contribution is -2.36. The molecule has 13 heavy (non-hydrogen) atoms. The van der Waals surface area contributed by atoms with Crippen LogP contribution in [-0.4, -0.2) is 25.3 Å². The highest BCUT2D eigenvalue weighted by molar-refractivity contribution is 4.72. The van der Waals surface area contributed by atoms with E-state index in [0.717, 1.165) is 13.2 Å². The van der Waals surface area contributed by atoms with Crippen LogP contribution in [0.3, 0.4) is 0 Å². The fraction of sp³-hybridized carbons (Fsp3) is 1.00. The molecule has 1 rings (SSSR count). The van der Waals surface area contributed by atoms with Gasteiger partial charge in [0.25, 0.3) is 0 Å². The van der Waals surface area contributed by atoms with Crippen molar-refractivity contribution in [2.24, 2.45) is 0 Å². The Labute approximate surface area is 82.0 Å². The van der Waals surface area contributed by atoms with Crippen LogP contribution in [0.4, 0.5) is 0 Å². The van der Waals surface area contributed by atoms with Crippen LogP contribution in [0.2, 0.25) is 0 Å². The normalized spacial score (nSPS) is 19.8. The van der Waals surface area contributed by atoms with Crippen molar-refractivity contribution in [1.29, 1.82) is 0 Å². The van der Waals surface area contributed by atoms with E-state index in [1.54, 1.807) is 0 Å². The van der Waals surface area contributed by atoms with E-state index in [-0.39, 0.29) is 0 Å². The van der Waals surface area contributed by atoms with Gasteiger partial charge in [0.15, 0.2) is 0 Å². The molecule has 0 amide bonds. The van der Waals surface area contributed by atoms with Gasteiger partial charge in [0, 0.05) is 6.04 Å². The van der Waals surface area contributed by atoms with Gasteiger partial charge in [-0.3, -0.25) is 0 Å². The predicted molar refractivity (Wildman–Crippen MR) is 56.0 cm³/mol. The third-order valence-electron chi connectivity index (χ3n) is 2.72. The highest BCUT2D eigenvalue weighted by Gasteiger charge is 2.19. The van der Waals surface area contributed by atoms with Gasteiger partial charge in [0.1, 0.15) is 0 Å². The molecule has 0 aromatic heterocycles. The number of hydrogen-bond acceptors (Lipinski definition) is 2. The molecule has 1 saturated carbocycles. The molecule has 0 aromatic rings. The fourth-order valence-corrected chi connectivity index (χ4v) is 1.67. The number of ether oxygens (including phenoxy) is 1. The molecule has 1 unspecified atom stereocenters. The third kappa shape index (κ3) is 4.10. The second kappa shape index (κ2) is 6.39. The van der Waals surface area contributed by atoms with Gasteiger partial charge in [0.05, 0.1) is 12.7 Å². The van der Waals surface area contributed by atoms with E-state index < -0.39 is 0 Å². The number of rotatable bonds is 7. The average Bonchev–Trinajstić information content (AvgIpc) is 2.02. The molecule has 1 aliphatic carbocycles. The summed E-state index contributed by atoms with van der Waals surface area (Å²) in [4.78, 5) is 0. The average molecular weight is 185 g/mol. The van der Waals surface area contributed by atoms with Crippen LogP contribution in [-0.2, 0) is 4.74 Å². The molecule has 78 valence electrons. The van der Waals surface area contributed by atoms with Crippen LogP contribution in [0.25, 0.3) is 0 Å². The first-order valence-electron chi connectivity index (χ1n) is 5.71. The molecule has 0 aliphatic heterocycles. The maximum Gasteiger partial charge on any atom is 0.0623 e. The summed E-state index contributed by atoms with van der Waals surface area (Å²) in [5.41, 5.74) is 0. The van der Waals surface area contributed by atoms with Gasteiger partial charge >= 0.3 is 0 Å². The minimum absolute atomic E-state index is 0.579. The molecule has 0 heterocycles. The Morgan fingerprint density at radius 2 is 2.15 bits per heavy atom. The van der Waals surface area contributed by atoms with E-state index in [2.05, 4.69) is 19.2 Å². The minimum Gasteiger partial charge on any atom is -0.377 e. The van der Waals surface area contributed by atoms with Gasteiger partial charge in [-0.15, -0.1) is 0 Å². The summed E-state index contributed by atoms with van der Waals surface area (Å²) in [5, 5.41) is 3.46. The molecule has 0 bridgehead atoms. The number of likely N-dealkylation sites (N-methyl/N-ethyl adjacent to an activating group) is 1. The Balaban J connectivity index is 2.05. The quantitative estimate of drug-likeness (QED) is 0.657. The fourth-order valence-electron chi connectivity index (χ4n) is 1.67. The zero-order chi connectivity index (χ0) is 9.52. The number of hydrogen-bond donors (Lipinski definition) is 1. The first kappa shape index (κ1) is 11.0. The predicted octanol–water partition coefficient (Wildman–Crippen LogP) is 2.33. The highest BCUT2D eigenvalue weighted by Crippen LogP contribution is 2.22. The van der Waals surface area contributed by atoms with Crippen LogP contribution < -0.4 is 5.32 Å². The number of nitrogens with one attached hydrogen (secondary N) is 1. The van der Waals surface area contributed by atoms with Gasteiger partial charge in [-0.2, -0.15) is 0 Å². The SMILES string of the molecule is CCCC(COC1CCC1)NCC. The van der Waals surface area contributed by atoms with Crippen molar-refractivity contribution < 1.29 is 4.74 Å². The largest absolute Gasteiger partial charge is 0.377 e. The van der Waals surface area contributed by atoms with Gasteiger partial charge in [-0.1, -0.05) is 20.3 Å². The Hall–Kier alpha value is -0.0800. The van der Waals surface area contributed by atoms with Crippen molar-refractivity contribution in [2.45, 2.75) is 58.1 Å². The lowest BCUT2D eigenvalue weighted by molar-refractivity contribution is -0.00925. The van der Waals surface area contributed by atoms with E-state index in [1.807, 2.05) is 0 Å². The minimum atomic E-state index is 0.579. The van der Waals surface area contributed by atoms with Crippen LogP contribution in [0.1, 0.15) is 46.0 Å². The highest BCUT2D eigenvalue weighted by atomic mass is 16.5. The summed E-state index contributed by atoms with van der Waals surface area (Å²) in [6.45, 7) is 6.35. The van der Waals surface area contributed by atoms with Crippen LogP contribution in [0.15, 0.2) is 0 Å². The van der Waals surface area contributed by atoms with Gasteiger partial charge < -0.3 is 10.1 Å². The summed E-state index contributed by atoms with van der Waals surface area (Å²) in [7, 11) is 0. The molecule has 0 spiro atoms. The molecule has 1 atom stereocenters. The van der Waals surface area contributed by atoms with Crippen LogP contribution in [0.5, 0.6) is 0 Å². The summed E-state index contributed by atoms with van der Waals surface area (Å²) in [6.07, 6.45) is 6.99. The molecule has 0 radical (unpaired) electrons. The molecular formula is C11H23NO. The molecule has 2 nitrogen and oxygen atoms in total. The van der Waals surface area contributed by atoms with Crippen molar-refractivity contribution in [1.82, 2.24) is 5.32 Å². The zero-order valence-corrected chi connectivity index (χ0v) is 9.01. The van der Waals surface area contributed by atoms with E-state index in [0.29, 0.717) is 12.1 Å². The third-order valence-corrected chi connectivity index (χ3v) is 2.72. The van der Waals surface area contributed by atoms with Crippen molar-refractivity contribution in [3.8, 4) is 0 Å². The van der Waals surface area contributed by atoms with Crippen molar-refractivity contribution in [3.05, 3.63) is 0 Å². The van der Waals surface area contributed by atoms with Gasteiger partial charge in [0.2, 0.25) is 0 Å². The second-order valence-corrected chi connectivity index (χ2v) is 3.93. The Morgan fingerprint density at radius 3 is 2.62 bits per heavy atom. The van der Waals surface area contributed by atoms with Gasteiger partial charge in [-0.25, -0.2) is 0 Å². The van der Waals surface area contributed by atoms with Crippen molar-refractivity contribution in [2.75, 3.05) is 13.2 Å². The van der Waals surface area contributed by atoms with E-state index in [1.165, 1.54) is 32.1 Å². The van der Waals surface area contributed by atoms with Gasteiger partial charge in [-0.05, 0) is 32.2 Å². The monoisotopic (exact) mass is 185 g/mol.